The Labute approximate surface area is 157 Å². The zero-order chi connectivity index (χ0) is 18.7. The molecule has 26 heavy (non-hydrogen) atoms. The maximum atomic E-state index is 11.0. The lowest BCUT2D eigenvalue weighted by Crippen LogP contribution is -2.10. The van der Waals surface area contributed by atoms with Gasteiger partial charge >= 0.3 is 5.97 Å². The van der Waals surface area contributed by atoms with Gasteiger partial charge in [-0.05, 0) is 67.6 Å². The molecule has 3 rings (SSSR count). The summed E-state index contributed by atoms with van der Waals surface area (Å²) in [6.07, 6.45) is 0. The van der Waals surface area contributed by atoms with Crippen LogP contribution in [0.1, 0.15) is 29.7 Å². The molecule has 1 aromatic carbocycles. The molecule has 136 valence electrons. The number of benzene rings is 1. The Bertz CT molecular complexity index is 892. The van der Waals surface area contributed by atoms with E-state index in [1.807, 2.05) is 24.3 Å². The van der Waals surface area contributed by atoms with Crippen LogP contribution in [0.25, 0.3) is 10.6 Å². The average molecular weight is 369 g/mol. The molecular weight excluding hydrogens is 346 g/mol. The van der Waals surface area contributed by atoms with Crippen molar-refractivity contribution in [3.63, 3.8) is 0 Å². The molecule has 0 aliphatic heterocycles. The molecule has 4 nitrogen and oxygen atoms in total. The monoisotopic (exact) mass is 369 g/mol. The van der Waals surface area contributed by atoms with Crippen molar-refractivity contribution < 1.29 is 14.6 Å². The zero-order valence-electron chi connectivity index (χ0n) is 15.2. The molecule has 0 spiro atoms. The third-order valence-corrected chi connectivity index (χ3v) is 5.59. The van der Waals surface area contributed by atoms with E-state index in [2.05, 4.69) is 42.0 Å². The second-order valence-electron chi connectivity index (χ2n) is 6.48. The Kier molecular flexibility index (Phi) is 5.47. The van der Waals surface area contributed by atoms with Crippen LogP contribution in [-0.4, -0.2) is 22.2 Å². The van der Waals surface area contributed by atoms with Crippen LogP contribution in [0.5, 0.6) is 5.75 Å². The van der Waals surface area contributed by atoms with Crippen molar-refractivity contribution in [2.75, 3.05) is 6.61 Å². The van der Waals surface area contributed by atoms with Crippen LogP contribution >= 0.6 is 11.3 Å². The summed E-state index contributed by atoms with van der Waals surface area (Å²) in [4.78, 5) is 12.3. The van der Waals surface area contributed by atoms with Gasteiger partial charge in [0.1, 0.15) is 12.4 Å². The number of nitrogens with zero attached hydrogens (tertiary/aromatic N) is 1. The molecule has 0 aliphatic carbocycles. The van der Waals surface area contributed by atoms with Gasteiger partial charge in [-0.25, -0.2) is 0 Å². The molecule has 5 heteroatoms. The standard InChI is InChI=1S/C21H23NO3S/c1-14-12-20(26-13-14)19-9-4-15(2)22(19)10-11-25-18-7-5-17(6-8-18)16(3)21(23)24/h4-9,12-13,16H,10-11H2,1-3H3,(H,23,24). The summed E-state index contributed by atoms with van der Waals surface area (Å²) >= 11 is 1.76. The SMILES string of the molecule is Cc1csc(-c2ccc(C)n2CCOc2ccc(C(C)C(=O)O)cc2)c1. The third kappa shape index (κ3) is 3.99. The lowest BCUT2D eigenvalue weighted by Gasteiger charge is -2.13. The van der Waals surface area contributed by atoms with E-state index in [0.29, 0.717) is 6.61 Å². The van der Waals surface area contributed by atoms with Crippen molar-refractivity contribution in [1.29, 1.82) is 0 Å². The van der Waals surface area contributed by atoms with Crippen molar-refractivity contribution in [3.8, 4) is 16.3 Å². The van der Waals surface area contributed by atoms with Crippen LogP contribution in [-0.2, 0) is 11.3 Å². The Balaban J connectivity index is 1.64. The van der Waals surface area contributed by atoms with Gasteiger partial charge in [-0.2, -0.15) is 0 Å². The van der Waals surface area contributed by atoms with Gasteiger partial charge in [-0.15, -0.1) is 11.3 Å². The molecule has 0 fully saturated rings. The smallest absolute Gasteiger partial charge is 0.310 e. The summed E-state index contributed by atoms with van der Waals surface area (Å²) in [5.41, 5.74) is 4.49. The van der Waals surface area contributed by atoms with Gasteiger partial charge in [0.2, 0.25) is 0 Å². The molecule has 3 aromatic rings. The van der Waals surface area contributed by atoms with Crippen molar-refractivity contribution in [2.24, 2.45) is 0 Å². The van der Waals surface area contributed by atoms with Crippen molar-refractivity contribution in [3.05, 3.63) is 64.7 Å². The van der Waals surface area contributed by atoms with E-state index in [1.54, 1.807) is 18.3 Å². The summed E-state index contributed by atoms with van der Waals surface area (Å²) in [6, 6.07) is 13.8. The van der Waals surface area contributed by atoms with Crippen LogP contribution < -0.4 is 4.74 Å². The highest BCUT2D eigenvalue weighted by atomic mass is 32.1. The van der Waals surface area contributed by atoms with Gasteiger partial charge in [0, 0.05) is 5.69 Å². The van der Waals surface area contributed by atoms with Crippen molar-refractivity contribution >= 4 is 17.3 Å². The minimum atomic E-state index is -0.821. The molecule has 0 aliphatic rings. The summed E-state index contributed by atoms with van der Waals surface area (Å²) < 4.78 is 8.13. The predicted octanol–water partition coefficient (Wildman–Crippen LogP) is 5.10. The highest BCUT2D eigenvalue weighted by Crippen LogP contribution is 2.29. The van der Waals surface area contributed by atoms with E-state index in [4.69, 9.17) is 9.84 Å². The third-order valence-electron chi connectivity index (χ3n) is 4.52. The normalized spacial score (nSPS) is 12.1. The Morgan fingerprint density at radius 2 is 1.92 bits per heavy atom. The fourth-order valence-corrected chi connectivity index (χ4v) is 3.83. The van der Waals surface area contributed by atoms with E-state index in [-0.39, 0.29) is 0 Å². The Morgan fingerprint density at radius 3 is 2.54 bits per heavy atom. The number of carboxylic acid groups (broad SMARTS) is 1. The van der Waals surface area contributed by atoms with E-state index < -0.39 is 11.9 Å². The number of aromatic nitrogens is 1. The Morgan fingerprint density at radius 1 is 1.19 bits per heavy atom. The number of carboxylic acids is 1. The molecular formula is C21H23NO3S. The first-order chi connectivity index (χ1) is 12.5. The number of aryl methyl sites for hydroxylation is 2. The number of thiophene rings is 1. The molecule has 0 bridgehead atoms. The highest BCUT2D eigenvalue weighted by Gasteiger charge is 2.13. The summed E-state index contributed by atoms with van der Waals surface area (Å²) in [6.45, 7) is 7.21. The van der Waals surface area contributed by atoms with E-state index in [9.17, 15) is 4.79 Å². The maximum absolute atomic E-state index is 11.0. The minimum Gasteiger partial charge on any atom is -0.492 e. The number of carbonyl (C=O) groups is 1. The van der Waals surface area contributed by atoms with E-state index >= 15 is 0 Å². The van der Waals surface area contributed by atoms with Gasteiger partial charge in [-0.1, -0.05) is 12.1 Å². The Hall–Kier alpha value is -2.53. The van der Waals surface area contributed by atoms with Crippen LogP contribution in [0.15, 0.2) is 47.8 Å². The van der Waals surface area contributed by atoms with Crippen molar-refractivity contribution in [2.45, 2.75) is 33.2 Å². The van der Waals surface area contributed by atoms with Gasteiger partial charge < -0.3 is 14.4 Å². The molecule has 0 radical (unpaired) electrons. The second kappa shape index (κ2) is 7.79. The molecule has 0 amide bonds. The van der Waals surface area contributed by atoms with Crippen LogP contribution in [0, 0.1) is 13.8 Å². The summed E-state index contributed by atoms with van der Waals surface area (Å²) in [5.74, 6) is -0.578. The first-order valence-electron chi connectivity index (χ1n) is 8.63. The van der Waals surface area contributed by atoms with Gasteiger partial charge in [0.15, 0.2) is 0 Å². The van der Waals surface area contributed by atoms with E-state index in [0.717, 1.165) is 17.9 Å². The van der Waals surface area contributed by atoms with E-state index in [1.165, 1.54) is 21.8 Å². The van der Waals surface area contributed by atoms with Crippen molar-refractivity contribution in [1.82, 2.24) is 4.57 Å². The lowest BCUT2D eigenvalue weighted by atomic mass is 10.0. The molecule has 1 unspecified atom stereocenters. The molecule has 0 saturated heterocycles. The fourth-order valence-electron chi connectivity index (χ4n) is 2.90. The zero-order valence-corrected chi connectivity index (χ0v) is 16.0. The highest BCUT2D eigenvalue weighted by molar-refractivity contribution is 7.13. The first-order valence-corrected chi connectivity index (χ1v) is 9.51. The number of ether oxygens (including phenoxy) is 1. The number of aliphatic carboxylic acids is 1. The molecule has 0 saturated carbocycles. The molecule has 1 N–H and O–H groups in total. The predicted molar refractivity (Wildman–Crippen MR) is 105 cm³/mol. The van der Waals surface area contributed by atoms with Gasteiger partial charge in [0.25, 0.3) is 0 Å². The largest absolute Gasteiger partial charge is 0.492 e. The van der Waals surface area contributed by atoms with Gasteiger partial charge in [-0.3, -0.25) is 4.79 Å². The molecule has 2 aromatic heterocycles. The lowest BCUT2D eigenvalue weighted by molar-refractivity contribution is -0.138. The average Bonchev–Trinajstić information content (AvgIpc) is 3.21. The number of rotatable bonds is 7. The first kappa shape index (κ1) is 18.3. The topological polar surface area (TPSA) is 51.5 Å². The van der Waals surface area contributed by atoms with Crippen LogP contribution in [0.4, 0.5) is 0 Å². The fraction of sp³-hybridized carbons (Fsp3) is 0.286. The van der Waals surface area contributed by atoms with Crippen LogP contribution in [0.2, 0.25) is 0 Å². The van der Waals surface area contributed by atoms with Gasteiger partial charge in [0.05, 0.1) is 23.0 Å². The number of hydrogen-bond acceptors (Lipinski definition) is 3. The maximum Gasteiger partial charge on any atom is 0.310 e. The quantitative estimate of drug-likeness (QED) is 0.630. The van der Waals surface area contributed by atoms with Crippen LogP contribution in [0.3, 0.4) is 0 Å². The number of hydrogen-bond donors (Lipinski definition) is 1. The molecule has 1 atom stereocenters. The minimum absolute atomic E-state index is 0.511. The molecule has 2 heterocycles. The summed E-state index contributed by atoms with van der Waals surface area (Å²) in [7, 11) is 0. The summed E-state index contributed by atoms with van der Waals surface area (Å²) in [5, 5.41) is 11.2. The second-order valence-corrected chi connectivity index (χ2v) is 7.39.